The van der Waals surface area contributed by atoms with Crippen LogP contribution in [0, 0.1) is 0 Å². The van der Waals surface area contributed by atoms with E-state index in [9.17, 15) is 19.5 Å². The lowest BCUT2D eigenvalue weighted by Gasteiger charge is -2.33. The number of phenolic OH excluding ortho intramolecular Hbond substituents is 1. The van der Waals surface area contributed by atoms with Gasteiger partial charge >= 0.3 is 7.60 Å². The largest absolute Gasteiger partial charge is 0.507 e. The molecule has 3 N–H and O–H groups in total. The molecule has 0 saturated heterocycles. The fourth-order valence-electron chi connectivity index (χ4n) is 3.52. The summed E-state index contributed by atoms with van der Waals surface area (Å²) in [5.74, 6) is -0.946. The molecule has 1 heterocycles. The van der Waals surface area contributed by atoms with E-state index in [1.165, 1.54) is 0 Å². The molecule has 0 amide bonds. The van der Waals surface area contributed by atoms with E-state index < -0.39 is 13.4 Å². The summed E-state index contributed by atoms with van der Waals surface area (Å²) in [4.78, 5) is 26.2. The Kier molecular flexibility index (Phi) is 6.65. The van der Waals surface area contributed by atoms with Gasteiger partial charge in [-0.3, -0.25) is 14.4 Å². The van der Waals surface area contributed by atoms with Crippen molar-refractivity contribution < 1.29 is 19.5 Å². The minimum atomic E-state index is -4.53. The third-order valence-corrected chi connectivity index (χ3v) is 6.27. The minimum Gasteiger partial charge on any atom is -0.507 e. The lowest BCUT2D eigenvalue weighted by Crippen LogP contribution is -2.26. The smallest absolute Gasteiger partial charge is 0.347 e. The monoisotopic (exact) mass is 420 g/mol. The second kappa shape index (κ2) is 8.19. The van der Waals surface area contributed by atoms with Gasteiger partial charge in [-0.25, -0.2) is 0 Å². The molecule has 1 unspecified atom stereocenters. The Hall–Kier alpha value is -1.72. The van der Waals surface area contributed by atoms with E-state index in [2.05, 4.69) is 4.98 Å². The molecule has 0 radical (unpaired) electrons. The first-order valence-electron chi connectivity index (χ1n) is 9.64. The van der Waals surface area contributed by atoms with Crippen molar-refractivity contribution in [2.75, 3.05) is 7.05 Å². The van der Waals surface area contributed by atoms with Crippen LogP contribution in [0.25, 0.3) is 0 Å². The normalized spacial score (nSPS) is 14.3. The number of nitrogens with zero attached hydrogens (tertiary/aromatic N) is 2. The van der Waals surface area contributed by atoms with Crippen LogP contribution >= 0.6 is 7.60 Å². The molecule has 7 heteroatoms. The summed E-state index contributed by atoms with van der Waals surface area (Å²) < 4.78 is 12.5. The Morgan fingerprint density at radius 3 is 1.97 bits per heavy atom. The van der Waals surface area contributed by atoms with Crippen molar-refractivity contribution in [3.05, 3.63) is 58.9 Å². The quantitative estimate of drug-likeness (QED) is 0.608. The third-order valence-electron chi connectivity index (χ3n) is 4.94. The van der Waals surface area contributed by atoms with Crippen molar-refractivity contribution in [3.63, 3.8) is 0 Å². The Balaban J connectivity index is 2.66. The average Bonchev–Trinajstić information content (AvgIpc) is 2.53. The first kappa shape index (κ1) is 23.6. The lowest BCUT2D eigenvalue weighted by atomic mass is 9.78. The van der Waals surface area contributed by atoms with E-state index in [-0.39, 0.29) is 16.6 Å². The number of hydrogen-bond acceptors (Lipinski definition) is 4. The number of pyridine rings is 1. The summed E-state index contributed by atoms with van der Waals surface area (Å²) in [5.41, 5.74) is 1.93. The van der Waals surface area contributed by atoms with Crippen molar-refractivity contribution in [2.24, 2.45) is 0 Å². The lowest BCUT2D eigenvalue weighted by molar-refractivity contribution is 0.245. The van der Waals surface area contributed by atoms with Crippen LogP contribution < -0.4 is 0 Å². The zero-order valence-corrected chi connectivity index (χ0v) is 19.2. The summed E-state index contributed by atoms with van der Waals surface area (Å²) in [6.45, 7) is 12.2. The molecule has 1 aromatic carbocycles. The molecule has 0 spiro atoms. The molecule has 0 aliphatic heterocycles. The topological polar surface area (TPSA) is 93.9 Å². The standard InChI is InChI=1S/C22H33N2O4P/c1-21(2,3)17-11-16(12-18(19(17)25)22(4,5)6)20(29(26,27)28)24(7)14-15-9-8-10-23-13-15/h8-13,20,25H,14H2,1-7H3,(H2,26,27,28). The van der Waals surface area contributed by atoms with Crippen LogP contribution in [0.4, 0.5) is 0 Å². The highest BCUT2D eigenvalue weighted by Gasteiger charge is 2.37. The van der Waals surface area contributed by atoms with Crippen LogP contribution in [0.15, 0.2) is 36.7 Å². The maximum atomic E-state index is 12.5. The number of rotatable bonds is 5. The summed E-state index contributed by atoms with van der Waals surface area (Å²) in [6.07, 6.45) is 3.35. The SMILES string of the molecule is CN(Cc1cccnc1)C(c1cc(C(C)(C)C)c(O)c(C(C)(C)C)c1)P(=O)(O)O. The molecule has 1 atom stereocenters. The second-order valence-electron chi connectivity index (χ2n) is 9.70. The first-order valence-corrected chi connectivity index (χ1v) is 11.3. The van der Waals surface area contributed by atoms with Gasteiger partial charge in [0.25, 0.3) is 0 Å². The van der Waals surface area contributed by atoms with E-state index in [0.29, 0.717) is 23.2 Å². The second-order valence-corrected chi connectivity index (χ2v) is 11.4. The van der Waals surface area contributed by atoms with Gasteiger partial charge in [-0.1, -0.05) is 47.6 Å². The first-order chi connectivity index (χ1) is 13.1. The van der Waals surface area contributed by atoms with Gasteiger partial charge in [0, 0.05) is 18.9 Å². The molecule has 0 bridgehead atoms. The molecule has 6 nitrogen and oxygen atoms in total. The predicted octanol–water partition coefficient (Wildman–Crippen LogP) is 4.69. The van der Waals surface area contributed by atoms with Crippen LogP contribution in [0.5, 0.6) is 5.75 Å². The maximum absolute atomic E-state index is 12.5. The van der Waals surface area contributed by atoms with Crippen LogP contribution in [0.2, 0.25) is 0 Å². The van der Waals surface area contributed by atoms with Gasteiger partial charge in [0.2, 0.25) is 0 Å². The van der Waals surface area contributed by atoms with Gasteiger partial charge in [0.15, 0.2) is 0 Å². The summed E-state index contributed by atoms with van der Waals surface area (Å²) in [7, 11) is -2.83. The van der Waals surface area contributed by atoms with Gasteiger partial charge in [0.05, 0.1) is 0 Å². The Labute approximate surface area is 173 Å². The highest BCUT2D eigenvalue weighted by molar-refractivity contribution is 7.52. The summed E-state index contributed by atoms with van der Waals surface area (Å²) in [6, 6.07) is 7.13. The van der Waals surface area contributed by atoms with Crippen molar-refractivity contribution in [1.29, 1.82) is 0 Å². The molecule has 2 aromatic rings. The Bertz CT molecular complexity index is 860. The average molecular weight is 420 g/mol. The van der Waals surface area contributed by atoms with Gasteiger partial charge in [-0.05, 0) is 58.3 Å². The van der Waals surface area contributed by atoms with E-state index in [1.807, 2.05) is 47.6 Å². The predicted molar refractivity (Wildman–Crippen MR) is 116 cm³/mol. The number of phenols is 1. The molecule has 0 aliphatic carbocycles. The molecule has 0 saturated carbocycles. The molecule has 2 rings (SSSR count). The van der Waals surface area contributed by atoms with Crippen molar-refractivity contribution in [2.45, 2.75) is 64.7 Å². The maximum Gasteiger partial charge on any atom is 0.347 e. The van der Waals surface area contributed by atoms with E-state index in [4.69, 9.17) is 0 Å². The van der Waals surface area contributed by atoms with E-state index in [0.717, 1.165) is 5.56 Å². The van der Waals surface area contributed by atoms with Gasteiger partial charge in [-0.2, -0.15) is 0 Å². The Morgan fingerprint density at radius 2 is 1.59 bits per heavy atom. The third kappa shape index (κ3) is 5.67. The van der Waals surface area contributed by atoms with Crippen molar-refractivity contribution in [1.82, 2.24) is 9.88 Å². The number of benzene rings is 1. The number of hydrogen-bond donors (Lipinski definition) is 3. The zero-order chi connectivity index (χ0) is 22.2. The number of aromatic nitrogens is 1. The summed E-state index contributed by atoms with van der Waals surface area (Å²) in [5, 5.41) is 10.9. The van der Waals surface area contributed by atoms with Gasteiger partial charge in [0.1, 0.15) is 11.5 Å². The molecule has 0 fully saturated rings. The molecule has 160 valence electrons. The van der Waals surface area contributed by atoms with E-state index in [1.54, 1.807) is 42.5 Å². The summed E-state index contributed by atoms with van der Waals surface area (Å²) >= 11 is 0. The fraction of sp³-hybridized carbons (Fsp3) is 0.500. The van der Waals surface area contributed by atoms with Gasteiger partial charge in [-0.15, -0.1) is 0 Å². The van der Waals surface area contributed by atoms with Crippen LogP contribution in [-0.4, -0.2) is 31.8 Å². The molecular weight excluding hydrogens is 387 g/mol. The van der Waals surface area contributed by atoms with Crippen molar-refractivity contribution >= 4 is 7.60 Å². The minimum absolute atomic E-state index is 0.188. The molecular formula is C22H33N2O4P. The highest BCUT2D eigenvalue weighted by Crippen LogP contribution is 2.55. The highest BCUT2D eigenvalue weighted by atomic mass is 31.2. The fourth-order valence-corrected chi connectivity index (χ4v) is 4.65. The van der Waals surface area contributed by atoms with Crippen LogP contribution in [0.3, 0.4) is 0 Å². The Morgan fingerprint density at radius 1 is 1.07 bits per heavy atom. The van der Waals surface area contributed by atoms with Crippen LogP contribution in [-0.2, 0) is 21.9 Å². The van der Waals surface area contributed by atoms with Crippen LogP contribution in [0.1, 0.15) is 69.6 Å². The zero-order valence-electron chi connectivity index (χ0n) is 18.3. The molecule has 0 aliphatic rings. The molecule has 1 aromatic heterocycles. The molecule has 29 heavy (non-hydrogen) atoms. The van der Waals surface area contributed by atoms with Gasteiger partial charge < -0.3 is 14.9 Å². The number of aromatic hydroxyl groups is 1. The van der Waals surface area contributed by atoms with Crippen molar-refractivity contribution in [3.8, 4) is 5.75 Å². The van der Waals surface area contributed by atoms with E-state index >= 15 is 0 Å².